The van der Waals surface area contributed by atoms with E-state index in [0.29, 0.717) is 0 Å². The minimum atomic E-state index is 0.765. The zero-order valence-corrected chi connectivity index (χ0v) is 16.5. The van der Waals surface area contributed by atoms with Crippen LogP contribution in [-0.4, -0.2) is 70.0 Å². The summed E-state index contributed by atoms with van der Waals surface area (Å²) in [5.41, 5.74) is 1.85. The van der Waals surface area contributed by atoms with E-state index in [2.05, 4.69) is 24.9 Å². The van der Waals surface area contributed by atoms with Crippen LogP contribution in [0.3, 0.4) is 0 Å². The molecule has 9 nitrogen and oxygen atoms in total. The molecular weight excluding hydrogens is 342 g/mol. The number of hydrogen-bond donors (Lipinski definition) is 0. The lowest BCUT2D eigenvalue weighted by Crippen LogP contribution is -2.47. The summed E-state index contributed by atoms with van der Waals surface area (Å²) < 4.78 is 1.80. The number of rotatable bonds is 3. The third-order valence-electron chi connectivity index (χ3n) is 4.83. The second-order valence-electron chi connectivity index (χ2n) is 7.14. The third-order valence-corrected chi connectivity index (χ3v) is 4.83. The van der Waals surface area contributed by atoms with Gasteiger partial charge in [-0.2, -0.15) is 10.1 Å². The minimum absolute atomic E-state index is 0.765. The molecule has 0 atom stereocenters. The molecule has 0 aliphatic carbocycles. The van der Waals surface area contributed by atoms with Gasteiger partial charge in [-0.05, 0) is 13.8 Å². The smallest absolute Gasteiger partial charge is 0.227 e. The van der Waals surface area contributed by atoms with Gasteiger partial charge in [0.2, 0.25) is 5.95 Å². The maximum atomic E-state index is 4.71. The van der Waals surface area contributed by atoms with Gasteiger partial charge in [0.15, 0.2) is 5.65 Å². The van der Waals surface area contributed by atoms with E-state index >= 15 is 0 Å². The first-order chi connectivity index (χ1) is 12.9. The predicted octanol–water partition coefficient (Wildman–Crippen LogP) is 1.16. The zero-order chi connectivity index (χ0) is 19.1. The molecule has 142 valence electrons. The van der Waals surface area contributed by atoms with E-state index in [-0.39, 0.29) is 0 Å². The molecular formula is C18H25N9. The molecule has 0 amide bonds. The van der Waals surface area contributed by atoms with Crippen molar-refractivity contribution in [1.82, 2.24) is 29.7 Å². The maximum absolute atomic E-state index is 4.71. The van der Waals surface area contributed by atoms with Gasteiger partial charge in [-0.15, -0.1) is 0 Å². The number of aryl methyl sites for hydroxylation is 3. The van der Waals surface area contributed by atoms with Crippen LogP contribution in [-0.2, 0) is 7.05 Å². The first-order valence-electron chi connectivity index (χ1n) is 9.11. The number of hydrogen-bond acceptors (Lipinski definition) is 8. The number of aromatic nitrogens is 6. The molecule has 0 spiro atoms. The fourth-order valence-electron chi connectivity index (χ4n) is 3.38. The number of piperazine rings is 1. The molecule has 1 aliphatic heterocycles. The quantitative estimate of drug-likeness (QED) is 0.682. The summed E-state index contributed by atoms with van der Waals surface area (Å²) >= 11 is 0. The highest BCUT2D eigenvalue weighted by molar-refractivity contribution is 5.87. The normalized spacial score (nSPS) is 14.9. The van der Waals surface area contributed by atoms with Crippen LogP contribution in [0.4, 0.5) is 17.6 Å². The van der Waals surface area contributed by atoms with Gasteiger partial charge < -0.3 is 14.7 Å². The number of anilines is 3. The van der Waals surface area contributed by atoms with Gasteiger partial charge in [-0.3, -0.25) is 4.68 Å². The molecule has 0 saturated carbocycles. The molecule has 1 aliphatic rings. The van der Waals surface area contributed by atoms with Crippen LogP contribution in [0.1, 0.15) is 11.5 Å². The summed E-state index contributed by atoms with van der Waals surface area (Å²) in [6.07, 6.45) is 1.85. The molecule has 3 aromatic rings. The third kappa shape index (κ3) is 3.24. The Morgan fingerprint density at radius 1 is 0.926 bits per heavy atom. The van der Waals surface area contributed by atoms with Crippen molar-refractivity contribution in [2.45, 2.75) is 13.8 Å². The van der Waals surface area contributed by atoms with Crippen LogP contribution in [0, 0.1) is 13.8 Å². The molecule has 3 aromatic heterocycles. The number of nitrogens with zero attached hydrogens (tertiary/aromatic N) is 9. The summed E-state index contributed by atoms with van der Waals surface area (Å²) in [6.45, 7) is 7.35. The first kappa shape index (κ1) is 17.4. The Kier molecular flexibility index (Phi) is 4.29. The highest BCUT2D eigenvalue weighted by Gasteiger charge is 2.23. The average molecular weight is 367 g/mol. The molecule has 0 bridgehead atoms. The summed E-state index contributed by atoms with van der Waals surface area (Å²) in [6, 6.07) is 2.00. The van der Waals surface area contributed by atoms with Crippen LogP contribution in [0.25, 0.3) is 11.0 Å². The van der Waals surface area contributed by atoms with Crippen molar-refractivity contribution >= 4 is 28.6 Å². The summed E-state index contributed by atoms with van der Waals surface area (Å²) in [7, 11) is 5.91. The summed E-state index contributed by atoms with van der Waals surface area (Å²) in [5.74, 6) is 3.46. The molecule has 27 heavy (non-hydrogen) atoms. The van der Waals surface area contributed by atoms with Crippen molar-refractivity contribution < 1.29 is 0 Å². The fourth-order valence-corrected chi connectivity index (χ4v) is 3.38. The summed E-state index contributed by atoms with van der Waals surface area (Å²) in [5, 5.41) is 5.34. The van der Waals surface area contributed by atoms with Gasteiger partial charge >= 0.3 is 0 Å². The molecule has 0 unspecified atom stereocenters. The van der Waals surface area contributed by atoms with E-state index in [4.69, 9.17) is 9.97 Å². The van der Waals surface area contributed by atoms with Crippen molar-refractivity contribution in [2.75, 3.05) is 55.0 Å². The summed E-state index contributed by atoms with van der Waals surface area (Å²) in [4.78, 5) is 25.1. The second kappa shape index (κ2) is 6.64. The Labute approximate surface area is 158 Å². The van der Waals surface area contributed by atoms with E-state index in [1.54, 1.807) is 4.68 Å². The highest BCUT2D eigenvalue weighted by atomic mass is 15.4. The van der Waals surface area contributed by atoms with Crippen molar-refractivity contribution in [2.24, 2.45) is 7.05 Å². The molecule has 1 fully saturated rings. The lowest BCUT2D eigenvalue weighted by molar-refractivity contribution is 0.634. The fraction of sp³-hybridized carbons (Fsp3) is 0.500. The van der Waals surface area contributed by atoms with Crippen molar-refractivity contribution in [3.63, 3.8) is 0 Å². The first-order valence-corrected chi connectivity index (χ1v) is 9.11. The monoisotopic (exact) mass is 367 g/mol. The van der Waals surface area contributed by atoms with Crippen LogP contribution in [0.5, 0.6) is 0 Å². The van der Waals surface area contributed by atoms with E-state index < -0.39 is 0 Å². The van der Waals surface area contributed by atoms with E-state index in [0.717, 1.165) is 66.3 Å². The Bertz CT molecular complexity index is 970. The van der Waals surface area contributed by atoms with Crippen LogP contribution in [0.15, 0.2) is 12.3 Å². The van der Waals surface area contributed by atoms with E-state index in [1.165, 1.54) is 0 Å². The molecule has 0 aromatic carbocycles. The van der Waals surface area contributed by atoms with Gasteiger partial charge in [0.25, 0.3) is 0 Å². The SMILES string of the molecule is Cc1cc(N(C)C)nc(N2CCN(c3nc(C)nc4c3cnn4C)CC2)n1. The molecule has 9 heteroatoms. The van der Waals surface area contributed by atoms with Gasteiger partial charge in [0.1, 0.15) is 17.5 Å². The standard InChI is InChI=1S/C18H25N9/c1-12-10-15(24(3)4)23-18(20-12)27-8-6-26(7-9-27)17-14-11-19-25(5)16(14)21-13(2)22-17/h10-11H,6-9H2,1-5H3. The van der Waals surface area contributed by atoms with Gasteiger partial charge in [0.05, 0.1) is 11.6 Å². The van der Waals surface area contributed by atoms with Crippen molar-refractivity contribution in [1.29, 1.82) is 0 Å². The Morgan fingerprint density at radius 3 is 2.33 bits per heavy atom. The Hall–Kier alpha value is -2.97. The van der Waals surface area contributed by atoms with Crippen molar-refractivity contribution in [3.05, 3.63) is 23.8 Å². The van der Waals surface area contributed by atoms with Crippen LogP contribution < -0.4 is 14.7 Å². The molecule has 1 saturated heterocycles. The second-order valence-corrected chi connectivity index (χ2v) is 7.14. The Morgan fingerprint density at radius 2 is 1.63 bits per heavy atom. The topological polar surface area (TPSA) is 79.1 Å². The average Bonchev–Trinajstić information content (AvgIpc) is 3.01. The van der Waals surface area contributed by atoms with Gasteiger partial charge in [-0.25, -0.2) is 15.0 Å². The minimum Gasteiger partial charge on any atom is -0.363 e. The number of fused-ring (bicyclic) bond motifs is 1. The van der Waals surface area contributed by atoms with Crippen LogP contribution >= 0.6 is 0 Å². The molecule has 0 N–H and O–H groups in total. The lowest BCUT2D eigenvalue weighted by Gasteiger charge is -2.36. The lowest BCUT2D eigenvalue weighted by atomic mass is 10.3. The van der Waals surface area contributed by atoms with Crippen LogP contribution in [0.2, 0.25) is 0 Å². The van der Waals surface area contributed by atoms with Gasteiger partial charge in [0, 0.05) is 59.1 Å². The van der Waals surface area contributed by atoms with E-state index in [1.807, 2.05) is 52.2 Å². The largest absolute Gasteiger partial charge is 0.363 e. The van der Waals surface area contributed by atoms with E-state index in [9.17, 15) is 0 Å². The molecule has 4 rings (SSSR count). The maximum Gasteiger partial charge on any atom is 0.227 e. The molecule has 0 radical (unpaired) electrons. The van der Waals surface area contributed by atoms with Gasteiger partial charge in [-0.1, -0.05) is 0 Å². The Balaban J connectivity index is 1.57. The van der Waals surface area contributed by atoms with Crippen molar-refractivity contribution in [3.8, 4) is 0 Å². The highest BCUT2D eigenvalue weighted by Crippen LogP contribution is 2.25. The zero-order valence-electron chi connectivity index (χ0n) is 16.5. The molecule has 4 heterocycles. The predicted molar refractivity (Wildman–Crippen MR) is 107 cm³/mol.